The van der Waals surface area contributed by atoms with Gasteiger partial charge in [0.15, 0.2) is 5.69 Å². The van der Waals surface area contributed by atoms with Crippen LogP contribution in [0.25, 0.3) is 21.0 Å². The molecular weight excluding hydrogens is 382 g/mol. The summed E-state index contributed by atoms with van der Waals surface area (Å²) in [6.07, 6.45) is 0.860. The van der Waals surface area contributed by atoms with Crippen molar-refractivity contribution in [2.75, 3.05) is 0 Å². The van der Waals surface area contributed by atoms with Crippen molar-refractivity contribution >= 4 is 55.5 Å². The number of nitrogens with zero attached hydrogens (tertiary/aromatic N) is 3. The summed E-state index contributed by atoms with van der Waals surface area (Å²) in [7, 11) is 0. The highest BCUT2D eigenvalue weighted by Gasteiger charge is 2.19. The molecular formula is C20H16ClN3O2S. The van der Waals surface area contributed by atoms with Gasteiger partial charge in [-0.2, -0.15) is 0 Å². The number of hydrogen-bond donors (Lipinski definition) is 1. The molecule has 2 aromatic heterocycles. The Labute approximate surface area is 164 Å². The summed E-state index contributed by atoms with van der Waals surface area (Å²) in [4.78, 5) is 12.9. The fourth-order valence-electron chi connectivity index (χ4n) is 3.11. The quantitative estimate of drug-likeness (QED) is 0.397. The number of aryl methyl sites for hydroxylation is 1. The summed E-state index contributed by atoms with van der Waals surface area (Å²) in [5, 5.41) is 20.5. The Morgan fingerprint density at radius 3 is 2.59 bits per heavy atom. The molecule has 0 aliphatic rings. The molecule has 0 saturated carbocycles. The number of rotatable bonds is 4. The number of carbonyl (C=O) groups is 1. The van der Waals surface area contributed by atoms with E-state index in [0.29, 0.717) is 22.1 Å². The summed E-state index contributed by atoms with van der Waals surface area (Å²) in [5.74, 6) is -0.509. The van der Waals surface area contributed by atoms with Gasteiger partial charge in [-0.1, -0.05) is 54.9 Å². The number of fused-ring (bicyclic) bond motifs is 2. The van der Waals surface area contributed by atoms with Crippen LogP contribution in [-0.4, -0.2) is 15.6 Å². The fraction of sp³-hybridized carbons (Fsp3) is 0.150. The zero-order valence-electron chi connectivity index (χ0n) is 14.5. The van der Waals surface area contributed by atoms with Gasteiger partial charge in [-0.3, -0.25) is 4.79 Å². The number of aromatic nitrogens is 1. The normalized spacial score (nSPS) is 11.8. The highest BCUT2D eigenvalue weighted by molar-refractivity contribution is 7.21. The molecule has 136 valence electrons. The Morgan fingerprint density at radius 1 is 1.15 bits per heavy atom. The van der Waals surface area contributed by atoms with E-state index >= 15 is 0 Å². The van der Waals surface area contributed by atoms with E-state index in [9.17, 15) is 9.90 Å². The third kappa shape index (κ3) is 3.01. The highest BCUT2D eigenvalue weighted by Crippen LogP contribution is 2.40. The molecule has 7 heteroatoms. The largest absolute Gasteiger partial charge is 0.493 e. The molecule has 0 unspecified atom stereocenters. The van der Waals surface area contributed by atoms with Crippen molar-refractivity contribution in [2.24, 2.45) is 10.2 Å². The van der Waals surface area contributed by atoms with E-state index in [0.717, 1.165) is 27.4 Å². The highest BCUT2D eigenvalue weighted by atomic mass is 35.5. The molecule has 0 aliphatic carbocycles. The minimum atomic E-state index is -0.520. The Kier molecular flexibility index (Phi) is 4.68. The number of para-hydroxylation sites is 1. The Bertz CT molecular complexity index is 1190. The first kappa shape index (κ1) is 17.7. The maximum atomic E-state index is 12.6. The van der Waals surface area contributed by atoms with Crippen LogP contribution in [0.1, 0.15) is 23.0 Å². The van der Waals surface area contributed by atoms with Gasteiger partial charge in [-0.15, -0.1) is 21.6 Å². The van der Waals surface area contributed by atoms with Gasteiger partial charge in [0.2, 0.25) is 5.88 Å². The van der Waals surface area contributed by atoms with E-state index < -0.39 is 5.91 Å². The number of halogens is 1. The van der Waals surface area contributed by atoms with Crippen LogP contribution >= 0.6 is 22.9 Å². The summed E-state index contributed by atoms with van der Waals surface area (Å²) < 4.78 is 2.70. The van der Waals surface area contributed by atoms with Gasteiger partial charge >= 0.3 is 5.91 Å². The topological polar surface area (TPSA) is 66.9 Å². The lowest BCUT2D eigenvalue weighted by Crippen LogP contribution is -1.94. The summed E-state index contributed by atoms with van der Waals surface area (Å²) >= 11 is 7.63. The molecule has 5 nitrogen and oxygen atoms in total. The van der Waals surface area contributed by atoms with Crippen LogP contribution in [0, 0.1) is 0 Å². The first-order valence-corrected chi connectivity index (χ1v) is 9.74. The van der Waals surface area contributed by atoms with Crippen LogP contribution in [0.15, 0.2) is 58.8 Å². The summed E-state index contributed by atoms with van der Waals surface area (Å²) in [5.41, 5.74) is 1.16. The average Bonchev–Trinajstić information content (AvgIpc) is 3.16. The van der Waals surface area contributed by atoms with Gasteiger partial charge in [-0.25, -0.2) is 0 Å². The van der Waals surface area contributed by atoms with E-state index in [1.807, 2.05) is 55.5 Å². The van der Waals surface area contributed by atoms with Crippen LogP contribution in [0.5, 0.6) is 5.88 Å². The molecule has 1 N–H and O–H groups in total. The van der Waals surface area contributed by atoms with Crippen LogP contribution in [0.4, 0.5) is 5.69 Å². The second-order valence-corrected chi connectivity index (χ2v) is 7.52. The standard InChI is InChI=1S/C20H16ClN3O2S/c1-2-11-24-14-9-5-3-7-12(14)17(20(24)26)22-23-19(25)18-16(21)13-8-4-6-10-15(13)27-18/h3-10,26H,2,11H2,1H3. The van der Waals surface area contributed by atoms with Gasteiger partial charge in [0.05, 0.1) is 10.5 Å². The smallest absolute Gasteiger partial charge is 0.307 e. The molecule has 27 heavy (non-hydrogen) atoms. The molecule has 4 rings (SSSR count). The van der Waals surface area contributed by atoms with Crippen molar-refractivity contribution < 1.29 is 9.90 Å². The predicted octanol–water partition coefficient (Wildman–Crippen LogP) is 6.55. The van der Waals surface area contributed by atoms with Gasteiger partial charge in [0.25, 0.3) is 0 Å². The van der Waals surface area contributed by atoms with Crippen molar-refractivity contribution in [3.8, 4) is 5.88 Å². The third-order valence-electron chi connectivity index (χ3n) is 4.33. The number of benzene rings is 2. The number of thiophene rings is 1. The summed E-state index contributed by atoms with van der Waals surface area (Å²) in [6, 6.07) is 15.1. The van der Waals surface area contributed by atoms with E-state index in [4.69, 9.17) is 11.6 Å². The van der Waals surface area contributed by atoms with Crippen LogP contribution < -0.4 is 0 Å². The monoisotopic (exact) mass is 397 g/mol. The SMILES string of the molecule is CCCn1c(O)c(N=NC(=O)c2sc3ccccc3c2Cl)c2ccccc21. The number of amides is 1. The van der Waals surface area contributed by atoms with Crippen molar-refractivity contribution in [3.05, 3.63) is 58.4 Å². The lowest BCUT2D eigenvalue weighted by atomic mass is 10.2. The Morgan fingerprint density at radius 2 is 1.85 bits per heavy atom. The van der Waals surface area contributed by atoms with Crippen molar-refractivity contribution in [2.45, 2.75) is 19.9 Å². The molecule has 0 radical (unpaired) electrons. The predicted molar refractivity (Wildman–Crippen MR) is 110 cm³/mol. The lowest BCUT2D eigenvalue weighted by Gasteiger charge is -2.03. The number of hydrogen-bond acceptors (Lipinski definition) is 4. The molecule has 0 bridgehead atoms. The fourth-order valence-corrected chi connectivity index (χ4v) is 4.50. The van der Waals surface area contributed by atoms with E-state index in [1.165, 1.54) is 11.3 Å². The van der Waals surface area contributed by atoms with Gasteiger partial charge in [0, 0.05) is 22.0 Å². The lowest BCUT2D eigenvalue weighted by molar-refractivity contribution is 0.0999. The Hall–Kier alpha value is -2.70. The molecule has 0 fully saturated rings. The first-order chi connectivity index (χ1) is 13.1. The van der Waals surface area contributed by atoms with Crippen molar-refractivity contribution in [1.82, 2.24) is 4.57 Å². The number of aromatic hydroxyl groups is 1. The second-order valence-electron chi connectivity index (χ2n) is 6.09. The molecule has 0 aliphatic heterocycles. The van der Waals surface area contributed by atoms with E-state index in [1.54, 1.807) is 4.57 Å². The van der Waals surface area contributed by atoms with Crippen LogP contribution in [-0.2, 0) is 6.54 Å². The molecule has 1 amide bonds. The molecule has 2 heterocycles. The van der Waals surface area contributed by atoms with Crippen molar-refractivity contribution in [3.63, 3.8) is 0 Å². The molecule has 0 spiro atoms. The average molecular weight is 398 g/mol. The van der Waals surface area contributed by atoms with Crippen LogP contribution in [0.3, 0.4) is 0 Å². The first-order valence-electron chi connectivity index (χ1n) is 8.55. The zero-order chi connectivity index (χ0) is 19.0. The number of carbonyl (C=O) groups excluding carboxylic acids is 1. The van der Waals surface area contributed by atoms with Crippen molar-refractivity contribution in [1.29, 1.82) is 0 Å². The minimum absolute atomic E-state index is 0.0111. The maximum absolute atomic E-state index is 12.6. The van der Waals surface area contributed by atoms with Gasteiger partial charge in [-0.05, 0) is 18.6 Å². The third-order valence-corrected chi connectivity index (χ3v) is 6.00. The van der Waals surface area contributed by atoms with E-state index in [-0.39, 0.29) is 5.88 Å². The molecule has 0 saturated heterocycles. The molecule has 2 aromatic carbocycles. The number of azo groups is 1. The Balaban J connectivity index is 1.75. The van der Waals surface area contributed by atoms with Crippen LogP contribution in [0.2, 0.25) is 5.02 Å². The van der Waals surface area contributed by atoms with E-state index in [2.05, 4.69) is 10.2 Å². The second kappa shape index (κ2) is 7.13. The van der Waals surface area contributed by atoms with Gasteiger partial charge in [0.1, 0.15) is 4.88 Å². The minimum Gasteiger partial charge on any atom is -0.493 e. The maximum Gasteiger partial charge on any atom is 0.307 e. The zero-order valence-corrected chi connectivity index (χ0v) is 16.1. The molecule has 0 atom stereocenters. The molecule has 4 aromatic rings. The summed E-state index contributed by atoms with van der Waals surface area (Å²) in [6.45, 7) is 2.68. The van der Waals surface area contributed by atoms with Gasteiger partial charge < -0.3 is 9.67 Å².